The standard InChI is InChI=1S/C9H6N4O2/c14-13(15)8-5-10-6-12-9(8)7-3-1-2-4-11-7/h1-6H. The molecule has 0 spiro atoms. The molecule has 2 rings (SSSR count). The molecule has 0 radical (unpaired) electrons. The van der Waals surface area contributed by atoms with Gasteiger partial charge in [-0.3, -0.25) is 15.1 Å². The van der Waals surface area contributed by atoms with Crippen molar-refractivity contribution in [3.8, 4) is 11.4 Å². The molecule has 6 nitrogen and oxygen atoms in total. The number of pyridine rings is 1. The smallest absolute Gasteiger partial charge is 0.258 e. The Morgan fingerprint density at radius 3 is 2.80 bits per heavy atom. The average Bonchev–Trinajstić information content (AvgIpc) is 2.30. The second-order valence-corrected chi connectivity index (χ2v) is 2.73. The summed E-state index contributed by atoms with van der Waals surface area (Å²) >= 11 is 0. The van der Waals surface area contributed by atoms with Gasteiger partial charge < -0.3 is 0 Å². The van der Waals surface area contributed by atoms with E-state index < -0.39 is 4.92 Å². The van der Waals surface area contributed by atoms with Crippen LogP contribution in [-0.4, -0.2) is 19.9 Å². The first kappa shape index (κ1) is 9.20. The maximum atomic E-state index is 10.7. The molecule has 6 heteroatoms. The molecule has 2 aromatic heterocycles. The van der Waals surface area contributed by atoms with Gasteiger partial charge in [-0.1, -0.05) is 6.07 Å². The first-order valence-electron chi connectivity index (χ1n) is 4.15. The molecule has 2 aromatic rings. The Balaban J connectivity index is 2.58. The number of hydrogen-bond acceptors (Lipinski definition) is 5. The molecular formula is C9H6N4O2. The Morgan fingerprint density at radius 2 is 2.13 bits per heavy atom. The summed E-state index contributed by atoms with van der Waals surface area (Å²) in [5.74, 6) is 0. The summed E-state index contributed by atoms with van der Waals surface area (Å²) in [4.78, 5) is 21.6. The number of nitro groups is 1. The van der Waals surface area contributed by atoms with Crippen LogP contribution < -0.4 is 0 Å². The lowest BCUT2D eigenvalue weighted by Gasteiger charge is -1.99. The topological polar surface area (TPSA) is 81.8 Å². The van der Waals surface area contributed by atoms with E-state index in [1.165, 1.54) is 6.33 Å². The van der Waals surface area contributed by atoms with Gasteiger partial charge >= 0.3 is 5.69 Å². The molecule has 0 atom stereocenters. The highest BCUT2D eigenvalue weighted by Crippen LogP contribution is 2.23. The molecule has 0 aliphatic heterocycles. The van der Waals surface area contributed by atoms with Gasteiger partial charge in [0.2, 0.25) is 0 Å². The largest absolute Gasteiger partial charge is 0.315 e. The maximum Gasteiger partial charge on any atom is 0.315 e. The molecule has 0 saturated carbocycles. The first-order valence-corrected chi connectivity index (χ1v) is 4.15. The molecule has 0 aromatic carbocycles. The van der Waals surface area contributed by atoms with Gasteiger partial charge in [-0.25, -0.2) is 9.97 Å². The van der Waals surface area contributed by atoms with Crippen molar-refractivity contribution in [2.75, 3.05) is 0 Å². The summed E-state index contributed by atoms with van der Waals surface area (Å²) in [5.41, 5.74) is 0.554. The van der Waals surface area contributed by atoms with Crippen LogP contribution >= 0.6 is 0 Å². The van der Waals surface area contributed by atoms with Gasteiger partial charge in [0, 0.05) is 6.20 Å². The number of aromatic nitrogens is 3. The number of rotatable bonds is 2. The highest BCUT2D eigenvalue weighted by atomic mass is 16.6. The average molecular weight is 202 g/mol. The predicted octanol–water partition coefficient (Wildman–Crippen LogP) is 1.45. The Hall–Kier alpha value is -2.37. The van der Waals surface area contributed by atoms with Crippen molar-refractivity contribution in [2.45, 2.75) is 0 Å². The Bertz CT molecular complexity index is 486. The fourth-order valence-electron chi connectivity index (χ4n) is 1.16. The van der Waals surface area contributed by atoms with Crippen molar-refractivity contribution in [3.63, 3.8) is 0 Å². The molecular weight excluding hydrogens is 196 g/mol. The van der Waals surface area contributed by atoms with Gasteiger partial charge in [-0.15, -0.1) is 0 Å². The third-order valence-electron chi connectivity index (χ3n) is 1.80. The minimum Gasteiger partial charge on any atom is -0.258 e. The summed E-state index contributed by atoms with van der Waals surface area (Å²) in [6.45, 7) is 0. The quantitative estimate of drug-likeness (QED) is 0.543. The summed E-state index contributed by atoms with van der Waals surface area (Å²) in [5, 5.41) is 10.7. The Labute approximate surface area is 84.8 Å². The second kappa shape index (κ2) is 3.79. The van der Waals surface area contributed by atoms with E-state index in [9.17, 15) is 10.1 Å². The molecule has 74 valence electrons. The molecule has 0 N–H and O–H groups in total. The molecule has 0 saturated heterocycles. The van der Waals surface area contributed by atoms with Crippen LogP contribution in [0.25, 0.3) is 11.4 Å². The van der Waals surface area contributed by atoms with E-state index in [1.807, 2.05) is 0 Å². The van der Waals surface area contributed by atoms with Crippen LogP contribution in [0.1, 0.15) is 0 Å². The van der Waals surface area contributed by atoms with Crippen molar-refractivity contribution in [2.24, 2.45) is 0 Å². The SMILES string of the molecule is O=[N+]([O-])c1cncnc1-c1ccccn1. The van der Waals surface area contributed by atoms with E-state index in [4.69, 9.17) is 0 Å². The predicted molar refractivity (Wildman–Crippen MR) is 51.9 cm³/mol. The monoisotopic (exact) mass is 202 g/mol. The van der Waals surface area contributed by atoms with Crippen molar-refractivity contribution in [1.82, 2.24) is 15.0 Å². The van der Waals surface area contributed by atoms with E-state index in [2.05, 4.69) is 15.0 Å². The Morgan fingerprint density at radius 1 is 1.27 bits per heavy atom. The van der Waals surface area contributed by atoms with Crippen LogP contribution in [0.2, 0.25) is 0 Å². The zero-order valence-corrected chi connectivity index (χ0v) is 7.57. The van der Waals surface area contributed by atoms with Gasteiger partial charge in [-0.2, -0.15) is 0 Å². The second-order valence-electron chi connectivity index (χ2n) is 2.73. The highest BCUT2D eigenvalue weighted by molar-refractivity contribution is 5.64. The summed E-state index contributed by atoms with van der Waals surface area (Å²) in [6.07, 6.45) is 3.98. The molecule has 0 bridgehead atoms. The van der Waals surface area contributed by atoms with E-state index in [-0.39, 0.29) is 11.4 Å². The molecule has 0 amide bonds. The van der Waals surface area contributed by atoms with Crippen LogP contribution in [0.5, 0.6) is 0 Å². The fraction of sp³-hybridized carbons (Fsp3) is 0. The van der Waals surface area contributed by atoms with Gasteiger partial charge in [0.25, 0.3) is 0 Å². The van der Waals surface area contributed by atoms with Crippen molar-refractivity contribution in [1.29, 1.82) is 0 Å². The summed E-state index contributed by atoms with van der Waals surface area (Å²) in [6, 6.07) is 5.14. The molecule has 0 unspecified atom stereocenters. The van der Waals surface area contributed by atoms with Crippen LogP contribution in [-0.2, 0) is 0 Å². The first-order chi connectivity index (χ1) is 7.29. The molecule has 0 aliphatic rings. The number of nitrogens with zero attached hydrogens (tertiary/aromatic N) is 4. The fourth-order valence-corrected chi connectivity index (χ4v) is 1.16. The molecule has 15 heavy (non-hydrogen) atoms. The highest BCUT2D eigenvalue weighted by Gasteiger charge is 2.16. The zero-order chi connectivity index (χ0) is 10.7. The van der Waals surface area contributed by atoms with E-state index >= 15 is 0 Å². The number of hydrogen-bond donors (Lipinski definition) is 0. The molecule has 2 heterocycles. The van der Waals surface area contributed by atoms with Crippen LogP contribution in [0.3, 0.4) is 0 Å². The normalized spacial score (nSPS) is 9.87. The lowest BCUT2D eigenvalue weighted by atomic mass is 10.2. The minimum atomic E-state index is -0.524. The van der Waals surface area contributed by atoms with Crippen LogP contribution in [0.4, 0.5) is 5.69 Å². The van der Waals surface area contributed by atoms with Gasteiger partial charge in [0.15, 0.2) is 5.69 Å². The van der Waals surface area contributed by atoms with E-state index in [0.29, 0.717) is 5.69 Å². The summed E-state index contributed by atoms with van der Waals surface area (Å²) < 4.78 is 0. The van der Waals surface area contributed by atoms with Gasteiger partial charge in [0.1, 0.15) is 12.5 Å². The lowest BCUT2D eigenvalue weighted by molar-refractivity contribution is -0.384. The van der Waals surface area contributed by atoms with E-state index in [0.717, 1.165) is 6.20 Å². The third-order valence-corrected chi connectivity index (χ3v) is 1.80. The van der Waals surface area contributed by atoms with Crippen molar-refractivity contribution < 1.29 is 4.92 Å². The molecule has 0 aliphatic carbocycles. The molecule has 0 fully saturated rings. The third kappa shape index (κ3) is 1.78. The maximum absolute atomic E-state index is 10.7. The van der Waals surface area contributed by atoms with Crippen molar-refractivity contribution >= 4 is 5.69 Å². The van der Waals surface area contributed by atoms with Crippen LogP contribution in [0, 0.1) is 10.1 Å². The van der Waals surface area contributed by atoms with Gasteiger partial charge in [-0.05, 0) is 12.1 Å². The minimum absolute atomic E-state index is 0.142. The van der Waals surface area contributed by atoms with Crippen molar-refractivity contribution in [3.05, 3.63) is 47.0 Å². The summed E-state index contributed by atoms with van der Waals surface area (Å²) in [7, 11) is 0. The zero-order valence-electron chi connectivity index (χ0n) is 7.57. The van der Waals surface area contributed by atoms with Crippen LogP contribution in [0.15, 0.2) is 36.9 Å². The lowest BCUT2D eigenvalue weighted by Crippen LogP contribution is -1.96. The van der Waals surface area contributed by atoms with E-state index in [1.54, 1.807) is 24.4 Å². The Kier molecular flexibility index (Phi) is 2.32. The van der Waals surface area contributed by atoms with Gasteiger partial charge in [0.05, 0.1) is 10.6 Å².